The van der Waals surface area contributed by atoms with E-state index in [-0.39, 0.29) is 18.1 Å². The van der Waals surface area contributed by atoms with E-state index in [0.29, 0.717) is 28.3 Å². The standard InChI is InChI=1S/C27H23N3O5/c1-18(31)29-23-11-13-24(14-12-23)30-26(32)22(16-28)15-21-5-3-4-6-25(21)35-17-19-7-9-20(10-8-19)27(33)34-2/h3-15H,17H2,1-2H3,(H,29,31)(H,30,32)/b22-15+. The summed E-state index contributed by atoms with van der Waals surface area (Å²) in [5.74, 6) is -0.702. The number of anilines is 2. The number of carbonyl (C=O) groups is 3. The van der Waals surface area contributed by atoms with E-state index >= 15 is 0 Å². The first-order chi connectivity index (χ1) is 16.9. The zero-order chi connectivity index (χ0) is 25.2. The van der Waals surface area contributed by atoms with Gasteiger partial charge in [-0.25, -0.2) is 4.79 Å². The van der Waals surface area contributed by atoms with Crippen LogP contribution in [0.5, 0.6) is 5.75 Å². The highest BCUT2D eigenvalue weighted by atomic mass is 16.5. The second-order valence-electron chi connectivity index (χ2n) is 7.40. The minimum Gasteiger partial charge on any atom is -0.488 e. The van der Waals surface area contributed by atoms with Crippen molar-refractivity contribution in [1.82, 2.24) is 0 Å². The number of rotatable bonds is 8. The smallest absolute Gasteiger partial charge is 0.337 e. The van der Waals surface area contributed by atoms with Crippen molar-refractivity contribution in [1.29, 1.82) is 5.26 Å². The molecule has 0 atom stereocenters. The number of ether oxygens (including phenoxy) is 2. The van der Waals surface area contributed by atoms with Crippen LogP contribution in [0.15, 0.2) is 78.4 Å². The van der Waals surface area contributed by atoms with Crippen LogP contribution in [0, 0.1) is 11.3 Å². The largest absolute Gasteiger partial charge is 0.488 e. The lowest BCUT2D eigenvalue weighted by atomic mass is 10.1. The highest BCUT2D eigenvalue weighted by Gasteiger charge is 2.12. The van der Waals surface area contributed by atoms with Gasteiger partial charge in [-0.15, -0.1) is 0 Å². The summed E-state index contributed by atoms with van der Waals surface area (Å²) in [7, 11) is 1.32. The lowest BCUT2D eigenvalue weighted by molar-refractivity contribution is -0.114. The molecular formula is C27H23N3O5. The summed E-state index contributed by atoms with van der Waals surface area (Å²) >= 11 is 0. The van der Waals surface area contributed by atoms with Crippen molar-refractivity contribution in [2.24, 2.45) is 0 Å². The monoisotopic (exact) mass is 469 g/mol. The van der Waals surface area contributed by atoms with Gasteiger partial charge in [-0.2, -0.15) is 5.26 Å². The Balaban J connectivity index is 1.70. The Bertz CT molecular complexity index is 1290. The molecule has 0 aliphatic heterocycles. The molecule has 3 aromatic carbocycles. The average Bonchev–Trinajstić information content (AvgIpc) is 2.87. The van der Waals surface area contributed by atoms with Gasteiger partial charge in [-0.3, -0.25) is 9.59 Å². The first-order valence-electron chi connectivity index (χ1n) is 10.6. The Morgan fingerprint density at radius 3 is 2.14 bits per heavy atom. The number of nitrogens with one attached hydrogen (secondary N) is 2. The summed E-state index contributed by atoms with van der Waals surface area (Å²) in [4.78, 5) is 35.4. The van der Waals surface area contributed by atoms with E-state index in [1.165, 1.54) is 20.1 Å². The highest BCUT2D eigenvalue weighted by Crippen LogP contribution is 2.23. The summed E-state index contributed by atoms with van der Waals surface area (Å²) in [6.07, 6.45) is 1.46. The van der Waals surface area contributed by atoms with Gasteiger partial charge in [0.1, 0.15) is 24.0 Å². The number of nitrogens with zero attached hydrogens (tertiary/aromatic N) is 1. The molecule has 0 aliphatic carbocycles. The van der Waals surface area contributed by atoms with Crippen molar-refractivity contribution < 1.29 is 23.9 Å². The van der Waals surface area contributed by atoms with Crippen LogP contribution >= 0.6 is 0 Å². The molecule has 0 saturated carbocycles. The van der Waals surface area contributed by atoms with E-state index < -0.39 is 11.9 Å². The van der Waals surface area contributed by atoms with Gasteiger partial charge >= 0.3 is 5.97 Å². The fraction of sp³-hybridized carbons (Fsp3) is 0.111. The number of carbonyl (C=O) groups excluding carboxylic acids is 3. The van der Waals surface area contributed by atoms with Crippen LogP contribution in [0.2, 0.25) is 0 Å². The predicted molar refractivity (Wildman–Crippen MR) is 132 cm³/mol. The third kappa shape index (κ3) is 7.04. The van der Waals surface area contributed by atoms with Crippen molar-refractivity contribution in [3.05, 3.63) is 95.1 Å². The van der Waals surface area contributed by atoms with Gasteiger partial charge in [0.15, 0.2) is 0 Å². The average molecular weight is 469 g/mol. The predicted octanol–water partition coefficient (Wildman–Crippen LogP) is 4.56. The third-order valence-electron chi connectivity index (χ3n) is 4.82. The van der Waals surface area contributed by atoms with Crippen molar-refractivity contribution in [3.63, 3.8) is 0 Å². The Morgan fingerprint density at radius 1 is 0.914 bits per heavy atom. The molecule has 0 spiro atoms. The zero-order valence-corrected chi connectivity index (χ0v) is 19.2. The fourth-order valence-corrected chi connectivity index (χ4v) is 3.09. The van der Waals surface area contributed by atoms with Crippen molar-refractivity contribution >= 4 is 35.2 Å². The Morgan fingerprint density at radius 2 is 1.54 bits per heavy atom. The maximum Gasteiger partial charge on any atom is 0.337 e. The van der Waals surface area contributed by atoms with E-state index in [2.05, 4.69) is 10.6 Å². The maximum absolute atomic E-state index is 12.7. The molecule has 0 aliphatic rings. The summed E-state index contributed by atoms with van der Waals surface area (Å²) in [6.45, 7) is 1.63. The summed E-state index contributed by atoms with van der Waals surface area (Å²) in [6, 6.07) is 22.3. The number of hydrogen-bond donors (Lipinski definition) is 2. The van der Waals surface area contributed by atoms with Crippen LogP contribution in [0.1, 0.15) is 28.4 Å². The van der Waals surface area contributed by atoms with Crippen LogP contribution < -0.4 is 15.4 Å². The third-order valence-corrected chi connectivity index (χ3v) is 4.82. The maximum atomic E-state index is 12.7. The number of esters is 1. The number of methoxy groups -OCH3 is 1. The molecule has 8 nitrogen and oxygen atoms in total. The van der Waals surface area contributed by atoms with Crippen LogP contribution in [0.25, 0.3) is 6.08 Å². The normalized spacial score (nSPS) is 10.6. The zero-order valence-electron chi connectivity index (χ0n) is 19.2. The van der Waals surface area contributed by atoms with Crippen molar-refractivity contribution in [2.75, 3.05) is 17.7 Å². The summed E-state index contributed by atoms with van der Waals surface area (Å²) < 4.78 is 10.6. The first kappa shape index (κ1) is 24.7. The topological polar surface area (TPSA) is 118 Å². The number of hydrogen-bond acceptors (Lipinski definition) is 6. The minimum atomic E-state index is -0.576. The fourth-order valence-electron chi connectivity index (χ4n) is 3.09. The number of nitriles is 1. The molecule has 0 unspecified atom stereocenters. The Labute approximate surface area is 202 Å². The van der Waals surface area contributed by atoms with Crippen molar-refractivity contribution in [2.45, 2.75) is 13.5 Å². The second kappa shape index (κ2) is 11.8. The van der Waals surface area contributed by atoms with E-state index in [4.69, 9.17) is 9.47 Å². The van der Waals surface area contributed by atoms with Gasteiger partial charge in [-0.1, -0.05) is 30.3 Å². The van der Waals surface area contributed by atoms with Gasteiger partial charge in [0.25, 0.3) is 5.91 Å². The van der Waals surface area contributed by atoms with E-state index in [0.717, 1.165) is 5.56 Å². The van der Waals surface area contributed by atoms with Crippen LogP contribution in [-0.2, 0) is 20.9 Å². The Kier molecular flexibility index (Phi) is 8.35. The summed E-state index contributed by atoms with van der Waals surface area (Å²) in [5.41, 5.74) is 2.80. The molecule has 176 valence electrons. The molecule has 3 rings (SSSR count). The van der Waals surface area contributed by atoms with Crippen LogP contribution in [-0.4, -0.2) is 24.9 Å². The quantitative estimate of drug-likeness (QED) is 0.284. The molecule has 0 fully saturated rings. The van der Waals surface area contributed by atoms with E-state index in [1.54, 1.807) is 72.8 Å². The molecule has 0 aromatic heterocycles. The highest BCUT2D eigenvalue weighted by molar-refractivity contribution is 6.10. The minimum absolute atomic E-state index is 0.102. The van der Waals surface area contributed by atoms with Gasteiger partial charge < -0.3 is 20.1 Å². The molecule has 0 heterocycles. The molecule has 0 bridgehead atoms. The molecule has 8 heteroatoms. The van der Waals surface area contributed by atoms with E-state index in [1.807, 2.05) is 6.07 Å². The Hall–Kier alpha value is -4.90. The second-order valence-corrected chi connectivity index (χ2v) is 7.40. The van der Waals surface area contributed by atoms with Crippen molar-refractivity contribution in [3.8, 4) is 11.8 Å². The first-order valence-corrected chi connectivity index (χ1v) is 10.6. The summed E-state index contributed by atoms with van der Waals surface area (Å²) in [5, 5.41) is 14.9. The number of amides is 2. The molecule has 3 aromatic rings. The lowest BCUT2D eigenvalue weighted by Gasteiger charge is -2.10. The SMILES string of the molecule is COC(=O)c1ccc(COc2ccccc2/C=C(\C#N)C(=O)Nc2ccc(NC(C)=O)cc2)cc1. The number of benzene rings is 3. The van der Waals surface area contributed by atoms with Gasteiger partial charge in [-0.05, 0) is 54.1 Å². The van der Waals surface area contributed by atoms with Gasteiger partial charge in [0.2, 0.25) is 5.91 Å². The molecule has 2 N–H and O–H groups in total. The molecule has 2 amide bonds. The molecule has 0 radical (unpaired) electrons. The molecular weight excluding hydrogens is 446 g/mol. The van der Waals surface area contributed by atoms with Gasteiger partial charge in [0.05, 0.1) is 12.7 Å². The molecule has 35 heavy (non-hydrogen) atoms. The number of para-hydroxylation sites is 1. The van der Waals surface area contributed by atoms with Crippen LogP contribution in [0.3, 0.4) is 0 Å². The molecule has 0 saturated heterocycles. The van der Waals surface area contributed by atoms with Crippen LogP contribution in [0.4, 0.5) is 11.4 Å². The lowest BCUT2D eigenvalue weighted by Crippen LogP contribution is -2.13. The van der Waals surface area contributed by atoms with E-state index in [9.17, 15) is 19.6 Å². The van der Waals surface area contributed by atoms with Gasteiger partial charge in [0, 0.05) is 23.9 Å².